The van der Waals surface area contributed by atoms with E-state index >= 15 is 0 Å². The number of ketones is 2. The van der Waals surface area contributed by atoms with Crippen LogP contribution >= 0.6 is 11.6 Å². The lowest BCUT2D eigenvalue weighted by Crippen LogP contribution is -2.32. The Morgan fingerprint density at radius 1 is 1.29 bits per heavy atom. The van der Waals surface area contributed by atoms with E-state index in [1.165, 1.54) is 6.07 Å². The number of halogens is 2. The molecule has 0 aromatic heterocycles. The largest absolute Gasteiger partial charge is 0.302 e. The number of anilines is 1. The number of benzene rings is 1. The first kappa shape index (κ1) is 14.2. The molecule has 1 saturated carbocycles. The predicted octanol–water partition coefficient (Wildman–Crippen LogP) is 2.77. The number of rotatable bonds is 3. The van der Waals surface area contributed by atoms with E-state index in [4.69, 9.17) is 11.6 Å². The molecule has 0 saturated heterocycles. The summed E-state index contributed by atoms with van der Waals surface area (Å²) < 4.78 is 14.0. The van der Waals surface area contributed by atoms with E-state index in [-0.39, 0.29) is 34.5 Å². The van der Waals surface area contributed by atoms with Gasteiger partial charge < -0.3 is 4.90 Å². The highest BCUT2D eigenvalue weighted by Crippen LogP contribution is 2.37. The summed E-state index contributed by atoms with van der Waals surface area (Å²) in [6, 6.07) is 2.41. The second-order valence-corrected chi connectivity index (χ2v) is 5.79. The standard InChI is InChI=1S/C15H13ClFNO3/c16-9-4-5-10(17)13-12(9)14(20)15(21)18(13)7-6-8-2-1-3-11(8)19/h4-5,8H,1-3,6-7H2. The molecular formula is C15H13ClFNO3. The first-order chi connectivity index (χ1) is 10.0. The van der Waals surface area contributed by atoms with Crippen molar-refractivity contribution in [1.29, 1.82) is 0 Å². The summed E-state index contributed by atoms with van der Waals surface area (Å²) in [5.41, 5.74) is -0.123. The quantitative estimate of drug-likeness (QED) is 0.807. The number of hydrogen-bond donors (Lipinski definition) is 0. The van der Waals surface area contributed by atoms with Crippen LogP contribution in [0.2, 0.25) is 5.02 Å². The Morgan fingerprint density at radius 3 is 2.71 bits per heavy atom. The fourth-order valence-corrected chi connectivity index (χ4v) is 3.28. The first-order valence-electron chi connectivity index (χ1n) is 6.87. The average Bonchev–Trinajstić information content (AvgIpc) is 2.97. The summed E-state index contributed by atoms with van der Waals surface area (Å²) in [6.07, 6.45) is 2.66. The Hall–Kier alpha value is -1.75. The molecule has 1 fully saturated rings. The van der Waals surface area contributed by atoms with Crippen LogP contribution in [0.15, 0.2) is 12.1 Å². The van der Waals surface area contributed by atoms with Crippen LogP contribution in [0.5, 0.6) is 0 Å². The molecule has 0 N–H and O–H groups in total. The minimum atomic E-state index is -0.785. The Kier molecular flexibility index (Phi) is 3.53. The number of carbonyl (C=O) groups excluding carboxylic acids is 3. The number of Topliss-reactive ketones (excluding diaryl/α,β-unsaturated/α-hetero) is 2. The lowest BCUT2D eigenvalue weighted by Gasteiger charge is -2.18. The predicted molar refractivity (Wildman–Crippen MR) is 75.1 cm³/mol. The monoisotopic (exact) mass is 309 g/mol. The minimum Gasteiger partial charge on any atom is -0.302 e. The van der Waals surface area contributed by atoms with Crippen molar-refractivity contribution in [2.75, 3.05) is 11.4 Å². The van der Waals surface area contributed by atoms with Gasteiger partial charge in [0.25, 0.3) is 11.7 Å². The van der Waals surface area contributed by atoms with E-state index in [1.807, 2.05) is 0 Å². The number of carbonyl (C=O) groups is 3. The van der Waals surface area contributed by atoms with Crippen molar-refractivity contribution in [2.45, 2.75) is 25.7 Å². The van der Waals surface area contributed by atoms with Gasteiger partial charge in [-0.1, -0.05) is 11.6 Å². The van der Waals surface area contributed by atoms with Crippen molar-refractivity contribution in [3.05, 3.63) is 28.5 Å². The van der Waals surface area contributed by atoms with E-state index in [1.54, 1.807) is 0 Å². The zero-order chi connectivity index (χ0) is 15.1. The van der Waals surface area contributed by atoms with E-state index in [9.17, 15) is 18.8 Å². The molecule has 0 spiro atoms. The lowest BCUT2D eigenvalue weighted by atomic mass is 10.0. The third kappa shape index (κ3) is 2.25. The van der Waals surface area contributed by atoms with Crippen LogP contribution in [-0.2, 0) is 9.59 Å². The highest BCUT2D eigenvalue weighted by Gasteiger charge is 2.40. The van der Waals surface area contributed by atoms with E-state index in [2.05, 4.69) is 0 Å². The summed E-state index contributed by atoms with van der Waals surface area (Å²) in [4.78, 5) is 36.7. The Balaban J connectivity index is 1.87. The van der Waals surface area contributed by atoms with Crippen LogP contribution in [0, 0.1) is 11.7 Å². The molecule has 1 amide bonds. The molecule has 1 atom stereocenters. The maximum absolute atomic E-state index is 14.0. The summed E-state index contributed by atoms with van der Waals surface area (Å²) in [6.45, 7) is 0.158. The van der Waals surface area contributed by atoms with E-state index < -0.39 is 17.5 Å². The number of amides is 1. The minimum absolute atomic E-state index is 0.0528. The van der Waals surface area contributed by atoms with Gasteiger partial charge in [-0.15, -0.1) is 0 Å². The second-order valence-electron chi connectivity index (χ2n) is 5.38. The third-order valence-electron chi connectivity index (χ3n) is 4.15. The molecule has 110 valence electrons. The van der Waals surface area contributed by atoms with E-state index in [0.717, 1.165) is 23.8 Å². The smallest absolute Gasteiger partial charge is 0.299 e. The van der Waals surface area contributed by atoms with Gasteiger partial charge in [-0.25, -0.2) is 4.39 Å². The molecule has 0 bridgehead atoms. The van der Waals surface area contributed by atoms with Gasteiger partial charge in [0, 0.05) is 18.9 Å². The van der Waals surface area contributed by atoms with Gasteiger partial charge in [0.15, 0.2) is 0 Å². The molecule has 4 nitrogen and oxygen atoms in total. The molecule has 1 heterocycles. The lowest BCUT2D eigenvalue weighted by molar-refractivity contribution is -0.121. The Labute approximate surface area is 125 Å². The molecule has 1 aromatic rings. The molecule has 2 aliphatic rings. The van der Waals surface area contributed by atoms with Gasteiger partial charge in [0.1, 0.15) is 11.6 Å². The third-order valence-corrected chi connectivity index (χ3v) is 4.46. The first-order valence-corrected chi connectivity index (χ1v) is 7.25. The fourth-order valence-electron chi connectivity index (χ4n) is 3.04. The van der Waals surface area contributed by atoms with E-state index in [0.29, 0.717) is 12.8 Å². The zero-order valence-corrected chi connectivity index (χ0v) is 12.0. The van der Waals surface area contributed by atoms with Crippen LogP contribution in [-0.4, -0.2) is 24.0 Å². The van der Waals surface area contributed by atoms with Crippen molar-refractivity contribution in [1.82, 2.24) is 0 Å². The van der Waals surface area contributed by atoms with Crippen LogP contribution in [0.1, 0.15) is 36.0 Å². The normalized spacial score (nSPS) is 21.3. The zero-order valence-electron chi connectivity index (χ0n) is 11.2. The van der Waals surface area contributed by atoms with Gasteiger partial charge >= 0.3 is 0 Å². The van der Waals surface area contributed by atoms with Crippen LogP contribution in [0.4, 0.5) is 10.1 Å². The molecule has 3 rings (SSSR count). The van der Waals surface area contributed by atoms with Crippen molar-refractivity contribution < 1.29 is 18.8 Å². The van der Waals surface area contributed by atoms with Gasteiger partial charge in [0.05, 0.1) is 16.3 Å². The van der Waals surface area contributed by atoms with Crippen LogP contribution < -0.4 is 4.90 Å². The molecule has 1 aliphatic carbocycles. The summed E-state index contributed by atoms with van der Waals surface area (Å²) in [5, 5.41) is 0.0733. The fraction of sp³-hybridized carbons (Fsp3) is 0.400. The topological polar surface area (TPSA) is 54.5 Å². The molecule has 6 heteroatoms. The summed E-state index contributed by atoms with van der Waals surface area (Å²) in [5.74, 6) is -2.12. The van der Waals surface area contributed by atoms with Crippen molar-refractivity contribution >= 4 is 34.8 Å². The Morgan fingerprint density at radius 2 is 2.05 bits per heavy atom. The number of fused-ring (bicyclic) bond motifs is 1. The molecule has 0 radical (unpaired) electrons. The number of hydrogen-bond acceptors (Lipinski definition) is 3. The SMILES string of the molecule is O=C1C(=O)N(CCC2CCCC2=O)c2c(F)ccc(Cl)c21. The molecule has 1 unspecified atom stereocenters. The highest BCUT2D eigenvalue weighted by atomic mass is 35.5. The van der Waals surface area contributed by atoms with Gasteiger partial charge in [-0.05, 0) is 31.4 Å². The van der Waals surface area contributed by atoms with Gasteiger partial charge in [-0.3, -0.25) is 14.4 Å². The molecule has 1 aliphatic heterocycles. The van der Waals surface area contributed by atoms with Gasteiger partial charge in [-0.2, -0.15) is 0 Å². The van der Waals surface area contributed by atoms with Crippen molar-refractivity contribution in [3.63, 3.8) is 0 Å². The Bertz CT molecular complexity index is 659. The summed E-state index contributed by atoms with van der Waals surface area (Å²) >= 11 is 5.90. The summed E-state index contributed by atoms with van der Waals surface area (Å²) in [7, 11) is 0. The maximum Gasteiger partial charge on any atom is 0.299 e. The second kappa shape index (κ2) is 5.22. The maximum atomic E-state index is 14.0. The highest BCUT2D eigenvalue weighted by molar-refractivity contribution is 6.55. The van der Waals surface area contributed by atoms with Crippen LogP contribution in [0.25, 0.3) is 0 Å². The number of nitrogens with zero attached hydrogens (tertiary/aromatic N) is 1. The molecule has 1 aromatic carbocycles. The molecular weight excluding hydrogens is 297 g/mol. The van der Waals surface area contributed by atoms with Crippen LogP contribution in [0.3, 0.4) is 0 Å². The average molecular weight is 310 g/mol. The van der Waals surface area contributed by atoms with Crippen molar-refractivity contribution in [2.24, 2.45) is 5.92 Å². The molecule has 21 heavy (non-hydrogen) atoms. The van der Waals surface area contributed by atoms with Crippen molar-refractivity contribution in [3.8, 4) is 0 Å². The van der Waals surface area contributed by atoms with Gasteiger partial charge in [0.2, 0.25) is 0 Å².